The second-order valence-electron chi connectivity index (χ2n) is 16.4. The van der Waals surface area contributed by atoms with E-state index in [0.29, 0.717) is 0 Å². The zero-order chi connectivity index (χ0) is 37.9. The first-order chi connectivity index (χ1) is 28.0. The van der Waals surface area contributed by atoms with Gasteiger partial charge in [0.05, 0.1) is 16.8 Å². The van der Waals surface area contributed by atoms with Gasteiger partial charge in [0, 0.05) is 22.2 Å². The zero-order valence-electron chi connectivity index (χ0n) is 32.0. The minimum Gasteiger partial charge on any atom is -0.310 e. The number of hydrogen-bond donors (Lipinski definition) is 0. The summed E-state index contributed by atoms with van der Waals surface area (Å²) in [5.74, 6) is 0. The molecule has 0 radical (unpaired) electrons. The summed E-state index contributed by atoms with van der Waals surface area (Å²) in [5, 5.41) is 2.51. The average Bonchev–Trinajstić information content (AvgIpc) is 3.83. The van der Waals surface area contributed by atoms with Gasteiger partial charge in [0.1, 0.15) is 0 Å². The normalized spacial score (nSPS) is 14.4. The van der Waals surface area contributed by atoms with Gasteiger partial charge in [0.25, 0.3) is 0 Å². The summed E-state index contributed by atoms with van der Waals surface area (Å²) >= 11 is 0. The van der Waals surface area contributed by atoms with Gasteiger partial charge in [0.2, 0.25) is 0 Å². The standard InChI is InChI=1S/C56H39N/c1-55(2)46-22-9-8-20-45(46)53-50(55)26-14-27-51(53)57(40-33-31-37(32-34-40)39-30-29-36-15-3-4-16-38(36)35-39)52-28-13-21-44-43-19-7-12-25-49(43)56(54(44)52)47-23-10-5-17-41(47)42-18-6-11-24-48(42)56/h3-35H,1-2H3. The summed E-state index contributed by atoms with van der Waals surface area (Å²) < 4.78 is 0. The van der Waals surface area contributed by atoms with Crippen molar-refractivity contribution >= 4 is 27.8 Å². The first-order valence-electron chi connectivity index (χ1n) is 20.1. The summed E-state index contributed by atoms with van der Waals surface area (Å²) in [6.45, 7) is 4.75. The number of fused-ring (bicyclic) bond motifs is 14. The molecule has 268 valence electrons. The van der Waals surface area contributed by atoms with Crippen molar-refractivity contribution in [2.45, 2.75) is 24.7 Å². The van der Waals surface area contributed by atoms with Gasteiger partial charge in [-0.3, -0.25) is 0 Å². The molecule has 1 nitrogen and oxygen atoms in total. The lowest BCUT2D eigenvalue weighted by molar-refractivity contribution is 0.660. The van der Waals surface area contributed by atoms with E-state index >= 15 is 0 Å². The maximum Gasteiger partial charge on any atom is 0.0746 e. The molecule has 3 aliphatic carbocycles. The highest BCUT2D eigenvalue weighted by molar-refractivity contribution is 6.02. The predicted molar refractivity (Wildman–Crippen MR) is 238 cm³/mol. The van der Waals surface area contributed by atoms with Crippen LogP contribution in [0.25, 0.3) is 55.3 Å². The number of anilines is 3. The van der Waals surface area contributed by atoms with E-state index in [1.165, 1.54) is 100 Å². The van der Waals surface area contributed by atoms with Gasteiger partial charge in [-0.2, -0.15) is 0 Å². The van der Waals surface area contributed by atoms with Crippen LogP contribution in [0.2, 0.25) is 0 Å². The molecular weight excluding hydrogens is 687 g/mol. The second kappa shape index (κ2) is 11.8. The lowest BCUT2D eigenvalue weighted by Crippen LogP contribution is -2.28. The second-order valence-corrected chi connectivity index (χ2v) is 16.4. The quantitative estimate of drug-likeness (QED) is 0.175. The Hall–Kier alpha value is -6.96. The molecule has 0 bridgehead atoms. The summed E-state index contributed by atoms with van der Waals surface area (Å²) in [5.41, 5.74) is 21.3. The van der Waals surface area contributed by atoms with Gasteiger partial charge in [0.15, 0.2) is 0 Å². The maximum atomic E-state index is 2.58. The van der Waals surface area contributed by atoms with Crippen molar-refractivity contribution in [2.24, 2.45) is 0 Å². The molecule has 9 aromatic carbocycles. The van der Waals surface area contributed by atoms with Crippen molar-refractivity contribution in [2.75, 3.05) is 4.90 Å². The first-order valence-corrected chi connectivity index (χ1v) is 20.1. The van der Waals surface area contributed by atoms with Gasteiger partial charge in [-0.15, -0.1) is 0 Å². The summed E-state index contributed by atoms with van der Waals surface area (Å²) in [6.07, 6.45) is 0. The number of rotatable bonds is 4. The molecule has 57 heavy (non-hydrogen) atoms. The molecule has 0 aromatic heterocycles. The number of hydrogen-bond acceptors (Lipinski definition) is 1. The van der Waals surface area contributed by atoms with E-state index < -0.39 is 5.41 Å². The third-order valence-electron chi connectivity index (χ3n) is 13.3. The predicted octanol–water partition coefficient (Wildman–Crippen LogP) is 14.6. The number of benzene rings is 9. The van der Waals surface area contributed by atoms with Crippen LogP contribution in [-0.4, -0.2) is 0 Å². The fourth-order valence-electron chi connectivity index (χ4n) is 10.8. The minimum atomic E-state index is -0.492. The smallest absolute Gasteiger partial charge is 0.0746 e. The molecule has 0 aliphatic heterocycles. The van der Waals surface area contributed by atoms with Crippen LogP contribution in [0.4, 0.5) is 17.1 Å². The topological polar surface area (TPSA) is 3.24 Å². The van der Waals surface area contributed by atoms with E-state index in [9.17, 15) is 0 Å². The Morgan fingerprint density at radius 1 is 0.351 bits per heavy atom. The van der Waals surface area contributed by atoms with Crippen molar-refractivity contribution in [3.63, 3.8) is 0 Å². The van der Waals surface area contributed by atoms with Crippen LogP contribution in [0, 0.1) is 0 Å². The molecule has 0 amide bonds. The Kier molecular flexibility index (Phi) is 6.67. The van der Waals surface area contributed by atoms with Crippen LogP contribution >= 0.6 is 0 Å². The maximum absolute atomic E-state index is 2.58. The molecule has 0 heterocycles. The van der Waals surface area contributed by atoms with E-state index in [1.54, 1.807) is 0 Å². The monoisotopic (exact) mass is 725 g/mol. The third-order valence-corrected chi connectivity index (χ3v) is 13.3. The van der Waals surface area contributed by atoms with Crippen molar-refractivity contribution in [1.29, 1.82) is 0 Å². The van der Waals surface area contributed by atoms with E-state index in [2.05, 4.69) is 219 Å². The average molecular weight is 726 g/mol. The largest absolute Gasteiger partial charge is 0.310 e. The van der Waals surface area contributed by atoms with Crippen molar-refractivity contribution < 1.29 is 0 Å². The lowest BCUT2D eigenvalue weighted by atomic mass is 9.70. The zero-order valence-corrected chi connectivity index (χ0v) is 32.0. The molecule has 1 heteroatoms. The van der Waals surface area contributed by atoms with Crippen LogP contribution in [0.5, 0.6) is 0 Å². The molecule has 12 rings (SSSR count). The lowest BCUT2D eigenvalue weighted by Gasteiger charge is -2.36. The molecule has 1 spiro atoms. The van der Waals surface area contributed by atoms with Gasteiger partial charge >= 0.3 is 0 Å². The molecule has 0 saturated carbocycles. The summed E-state index contributed by atoms with van der Waals surface area (Å²) in [4.78, 5) is 2.58. The van der Waals surface area contributed by atoms with Crippen molar-refractivity contribution in [3.05, 3.63) is 234 Å². The van der Waals surface area contributed by atoms with Gasteiger partial charge in [-0.25, -0.2) is 0 Å². The molecule has 9 aromatic rings. The fraction of sp³-hybridized carbons (Fsp3) is 0.0714. The molecule has 0 N–H and O–H groups in total. The van der Waals surface area contributed by atoms with Crippen LogP contribution in [-0.2, 0) is 10.8 Å². The molecule has 0 saturated heterocycles. The fourth-order valence-corrected chi connectivity index (χ4v) is 10.8. The first kappa shape index (κ1) is 32.3. The highest BCUT2D eigenvalue weighted by Crippen LogP contribution is 2.66. The highest BCUT2D eigenvalue weighted by atomic mass is 15.2. The van der Waals surface area contributed by atoms with Crippen molar-refractivity contribution in [1.82, 2.24) is 0 Å². The molecule has 3 aliphatic rings. The molecule has 0 fully saturated rings. The Labute approximate surface area is 334 Å². The summed E-state index contributed by atoms with van der Waals surface area (Å²) in [7, 11) is 0. The van der Waals surface area contributed by atoms with Crippen LogP contribution in [0.3, 0.4) is 0 Å². The van der Waals surface area contributed by atoms with Gasteiger partial charge in [-0.1, -0.05) is 184 Å². The Morgan fingerprint density at radius 3 is 1.53 bits per heavy atom. The van der Waals surface area contributed by atoms with E-state index in [4.69, 9.17) is 0 Å². The SMILES string of the molecule is CC1(C)c2ccccc2-c2c(N(c3ccc(-c4ccc5ccccc5c4)cc3)c3cccc4c3C3(c5ccccc5-c5ccccc53)c3ccccc3-4)cccc21. The van der Waals surface area contributed by atoms with E-state index in [1.807, 2.05) is 0 Å². The Balaban J connectivity index is 1.16. The molecule has 0 atom stereocenters. The minimum absolute atomic E-state index is 0.132. The summed E-state index contributed by atoms with van der Waals surface area (Å²) in [6, 6.07) is 75.0. The molecule has 0 unspecified atom stereocenters. The van der Waals surface area contributed by atoms with Crippen LogP contribution in [0.15, 0.2) is 200 Å². The third kappa shape index (κ3) is 4.29. The van der Waals surface area contributed by atoms with Gasteiger partial charge < -0.3 is 4.90 Å². The Morgan fingerprint density at radius 2 is 0.842 bits per heavy atom. The highest BCUT2D eigenvalue weighted by Gasteiger charge is 2.53. The van der Waals surface area contributed by atoms with Crippen molar-refractivity contribution in [3.8, 4) is 44.5 Å². The Bertz CT molecular complexity index is 3050. The van der Waals surface area contributed by atoms with E-state index in [-0.39, 0.29) is 5.41 Å². The molecular formula is C56H39N. The number of nitrogens with zero attached hydrogens (tertiary/aromatic N) is 1. The van der Waals surface area contributed by atoms with E-state index in [0.717, 1.165) is 5.69 Å². The van der Waals surface area contributed by atoms with Gasteiger partial charge in [-0.05, 0) is 108 Å². The van der Waals surface area contributed by atoms with Crippen LogP contribution < -0.4 is 4.90 Å². The van der Waals surface area contributed by atoms with Crippen LogP contribution in [0.1, 0.15) is 47.2 Å².